The van der Waals surface area contributed by atoms with Crippen LogP contribution >= 0.6 is 0 Å². The van der Waals surface area contributed by atoms with E-state index in [9.17, 15) is 13.2 Å². The molecule has 2 fully saturated rings. The standard InChI is InChI=1S/C17H26N4O3S/c1-13-15(11-18-12-19-13)17(22)20-9-6-14(7-10-20)16-5-3-4-8-21(16)25(2,23)24/h11-12,14,16H,3-10H2,1-2H3. The molecule has 0 radical (unpaired) electrons. The van der Waals surface area contributed by atoms with E-state index in [-0.39, 0.29) is 11.9 Å². The van der Waals surface area contributed by atoms with Gasteiger partial charge in [-0.3, -0.25) is 4.79 Å². The number of hydrogen-bond donors (Lipinski definition) is 0. The lowest BCUT2D eigenvalue weighted by atomic mass is 9.85. The van der Waals surface area contributed by atoms with Crippen LogP contribution in [0.5, 0.6) is 0 Å². The lowest BCUT2D eigenvalue weighted by Gasteiger charge is -2.42. The van der Waals surface area contributed by atoms with Gasteiger partial charge in [-0.05, 0) is 38.5 Å². The SMILES string of the molecule is Cc1ncncc1C(=O)N1CCC(C2CCCCN2S(C)(=O)=O)CC1. The van der Waals surface area contributed by atoms with Crippen molar-refractivity contribution in [3.63, 3.8) is 0 Å². The average Bonchev–Trinajstić information content (AvgIpc) is 2.61. The molecule has 3 rings (SSSR count). The summed E-state index contributed by atoms with van der Waals surface area (Å²) in [6.07, 6.45) is 8.96. The molecule has 1 aromatic heterocycles. The topological polar surface area (TPSA) is 83.5 Å². The Kier molecular flexibility index (Phi) is 5.38. The Labute approximate surface area is 149 Å². The van der Waals surface area contributed by atoms with Gasteiger partial charge in [-0.15, -0.1) is 0 Å². The van der Waals surface area contributed by atoms with E-state index in [1.54, 1.807) is 10.5 Å². The predicted molar refractivity (Wildman–Crippen MR) is 94.6 cm³/mol. The fraction of sp³-hybridized carbons (Fsp3) is 0.706. The second-order valence-electron chi connectivity index (χ2n) is 7.09. The third-order valence-electron chi connectivity index (χ3n) is 5.44. The molecule has 2 aliphatic heterocycles. The summed E-state index contributed by atoms with van der Waals surface area (Å²) in [5.41, 5.74) is 1.24. The highest BCUT2D eigenvalue weighted by atomic mass is 32.2. The third kappa shape index (κ3) is 4.00. The molecule has 25 heavy (non-hydrogen) atoms. The predicted octanol–water partition coefficient (Wildman–Crippen LogP) is 1.45. The van der Waals surface area contributed by atoms with Crippen LogP contribution in [0, 0.1) is 12.8 Å². The summed E-state index contributed by atoms with van der Waals surface area (Å²) >= 11 is 0. The maximum absolute atomic E-state index is 12.7. The van der Waals surface area contributed by atoms with Crippen molar-refractivity contribution in [2.24, 2.45) is 5.92 Å². The molecular weight excluding hydrogens is 340 g/mol. The Bertz CT molecular complexity index is 729. The number of piperidine rings is 2. The van der Waals surface area contributed by atoms with Crippen LogP contribution < -0.4 is 0 Å². The average molecular weight is 366 g/mol. The first-order chi connectivity index (χ1) is 11.9. The molecule has 1 amide bonds. The number of likely N-dealkylation sites (tertiary alicyclic amines) is 1. The molecule has 3 heterocycles. The van der Waals surface area contributed by atoms with Crippen molar-refractivity contribution in [3.8, 4) is 0 Å². The molecule has 0 aromatic carbocycles. The largest absolute Gasteiger partial charge is 0.339 e. The van der Waals surface area contributed by atoms with Gasteiger partial charge in [0.2, 0.25) is 10.0 Å². The molecule has 0 bridgehead atoms. The van der Waals surface area contributed by atoms with Gasteiger partial charge in [0, 0.05) is 31.9 Å². The highest BCUT2D eigenvalue weighted by Crippen LogP contribution is 2.32. The monoisotopic (exact) mass is 366 g/mol. The van der Waals surface area contributed by atoms with Gasteiger partial charge in [-0.1, -0.05) is 6.42 Å². The van der Waals surface area contributed by atoms with Gasteiger partial charge in [-0.25, -0.2) is 18.4 Å². The minimum Gasteiger partial charge on any atom is -0.339 e. The number of nitrogens with zero attached hydrogens (tertiary/aromatic N) is 4. The van der Waals surface area contributed by atoms with Crippen molar-refractivity contribution in [2.45, 2.75) is 45.1 Å². The van der Waals surface area contributed by atoms with Crippen LogP contribution in [0.2, 0.25) is 0 Å². The summed E-state index contributed by atoms with van der Waals surface area (Å²) in [7, 11) is -3.17. The molecule has 1 atom stereocenters. The Morgan fingerprint density at radius 2 is 1.88 bits per heavy atom. The van der Waals surface area contributed by atoms with Gasteiger partial charge in [-0.2, -0.15) is 4.31 Å². The van der Waals surface area contributed by atoms with Gasteiger partial charge in [0.05, 0.1) is 17.5 Å². The Hall–Kier alpha value is -1.54. The summed E-state index contributed by atoms with van der Waals surface area (Å²) in [5, 5.41) is 0. The van der Waals surface area contributed by atoms with Crippen molar-refractivity contribution in [1.29, 1.82) is 0 Å². The Balaban J connectivity index is 1.65. The Morgan fingerprint density at radius 1 is 1.16 bits per heavy atom. The fourth-order valence-electron chi connectivity index (χ4n) is 4.07. The van der Waals surface area contributed by atoms with E-state index in [0.717, 1.165) is 32.1 Å². The first-order valence-corrected chi connectivity index (χ1v) is 10.8. The van der Waals surface area contributed by atoms with E-state index in [2.05, 4.69) is 9.97 Å². The van der Waals surface area contributed by atoms with Gasteiger partial charge in [0.25, 0.3) is 5.91 Å². The number of aromatic nitrogens is 2. The van der Waals surface area contributed by atoms with E-state index in [1.165, 1.54) is 12.6 Å². The highest BCUT2D eigenvalue weighted by Gasteiger charge is 2.37. The number of aryl methyl sites for hydroxylation is 1. The van der Waals surface area contributed by atoms with Gasteiger partial charge < -0.3 is 4.90 Å². The van der Waals surface area contributed by atoms with E-state index < -0.39 is 10.0 Å². The molecule has 0 spiro atoms. The number of rotatable bonds is 3. The summed E-state index contributed by atoms with van der Waals surface area (Å²) in [6, 6.07) is 0.0859. The number of amides is 1. The Morgan fingerprint density at radius 3 is 2.52 bits per heavy atom. The molecule has 2 aliphatic rings. The lowest BCUT2D eigenvalue weighted by Crippen LogP contribution is -2.50. The van der Waals surface area contributed by atoms with Crippen LogP contribution in [-0.2, 0) is 10.0 Å². The zero-order valence-electron chi connectivity index (χ0n) is 14.9. The first kappa shape index (κ1) is 18.3. The summed E-state index contributed by atoms with van der Waals surface area (Å²) < 4.78 is 25.9. The summed E-state index contributed by atoms with van der Waals surface area (Å²) in [6.45, 7) is 3.76. The molecule has 0 saturated carbocycles. The van der Waals surface area contributed by atoms with Crippen LogP contribution in [0.15, 0.2) is 12.5 Å². The van der Waals surface area contributed by atoms with Crippen LogP contribution in [-0.4, -0.2) is 65.4 Å². The van der Waals surface area contributed by atoms with Gasteiger partial charge >= 0.3 is 0 Å². The molecule has 138 valence electrons. The first-order valence-electron chi connectivity index (χ1n) is 8.90. The van der Waals surface area contributed by atoms with Crippen LogP contribution in [0.25, 0.3) is 0 Å². The van der Waals surface area contributed by atoms with Crippen molar-refractivity contribution in [3.05, 3.63) is 23.8 Å². The fourth-order valence-corrected chi connectivity index (χ4v) is 5.30. The lowest BCUT2D eigenvalue weighted by molar-refractivity contribution is 0.0619. The minimum absolute atomic E-state index is 0.0276. The van der Waals surface area contributed by atoms with Gasteiger partial charge in [0.1, 0.15) is 6.33 Å². The second kappa shape index (κ2) is 7.37. The third-order valence-corrected chi connectivity index (χ3v) is 6.74. The van der Waals surface area contributed by atoms with Crippen molar-refractivity contribution < 1.29 is 13.2 Å². The molecular formula is C17H26N4O3S. The van der Waals surface area contributed by atoms with Crippen LogP contribution in [0.1, 0.15) is 48.2 Å². The molecule has 0 aliphatic carbocycles. The zero-order chi connectivity index (χ0) is 18.0. The maximum Gasteiger partial charge on any atom is 0.257 e. The molecule has 0 N–H and O–H groups in total. The quantitative estimate of drug-likeness (QED) is 0.808. The number of hydrogen-bond acceptors (Lipinski definition) is 5. The van der Waals surface area contributed by atoms with E-state index in [0.29, 0.717) is 36.8 Å². The smallest absolute Gasteiger partial charge is 0.257 e. The molecule has 7 nitrogen and oxygen atoms in total. The van der Waals surface area contributed by atoms with Crippen molar-refractivity contribution in [1.82, 2.24) is 19.2 Å². The van der Waals surface area contributed by atoms with E-state index >= 15 is 0 Å². The second-order valence-corrected chi connectivity index (χ2v) is 9.02. The molecule has 2 saturated heterocycles. The number of carbonyl (C=O) groups is 1. The molecule has 1 aromatic rings. The van der Waals surface area contributed by atoms with Crippen molar-refractivity contribution in [2.75, 3.05) is 25.9 Å². The zero-order valence-corrected chi connectivity index (χ0v) is 15.7. The summed E-state index contributed by atoms with van der Waals surface area (Å²) in [5.74, 6) is 0.298. The maximum atomic E-state index is 12.7. The highest BCUT2D eigenvalue weighted by molar-refractivity contribution is 7.88. The van der Waals surface area contributed by atoms with Gasteiger partial charge in [0.15, 0.2) is 0 Å². The minimum atomic E-state index is -3.17. The van der Waals surface area contributed by atoms with Crippen molar-refractivity contribution >= 4 is 15.9 Å². The molecule has 1 unspecified atom stereocenters. The molecule has 8 heteroatoms. The van der Waals surface area contributed by atoms with Crippen LogP contribution in [0.4, 0.5) is 0 Å². The number of carbonyl (C=O) groups excluding carboxylic acids is 1. The number of sulfonamides is 1. The van der Waals surface area contributed by atoms with E-state index in [1.807, 2.05) is 11.8 Å². The summed E-state index contributed by atoms with van der Waals surface area (Å²) in [4.78, 5) is 22.6. The normalized spacial score (nSPS) is 23.6. The van der Waals surface area contributed by atoms with E-state index in [4.69, 9.17) is 0 Å². The van der Waals surface area contributed by atoms with Crippen LogP contribution in [0.3, 0.4) is 0 Å².